The van der Waals surface area contributed by atoms with Gasteiger partial charge in [0.25, 0.3) is 5.91 Å². The summed E-state index contributed by atoms with van der Waals surface area (Å²) in [7, 11) is -3.61. The van der Waals surface area contributed by atoms with E-state index in [2.05, 4.69) is 0 Å². The molecule has 1 heterocycles. The van der Waals surface area contributed by atoms with Gasteiger partial charge < -0.3 is 9.64 Å². The van der Waals surface area contributed by atoms with Crippen LogP contribution >= 0.6 is 0 Å². The third-order valence-corrected chi connectivity index (χ3v) is 5.83. The minimum Gasteiger partial charge on any atom is -0.376 e. The third kappa shape index (κ3) is 3.91. The number of rotatable bonds is 5. The highest BCUT2D eigenvalue weighted by Crippen LogP contribution is 2.20. The number of hydrogen-bond acceptors (Lipinski definition) is 4. The molecule has 7 heteroatoms. The number of morpholine rings is 1. The van der Waals surface area contributed by atoms with Crippen molar-refractivity contribution in [3.05, 3.63) is 29.8 Å². The molecule has 1 aromatic carbocycles. The summed E-state index contributed by atoms with van der Waals surface area (Å²) >= 11 is 0. The summed E-state index contributed by atoms with van der Waals surface area (Å²) in [6.07, 6.45) is -0.126. The molecule has 0 aromatic heterocycles. The van der Waals surface area contributed by atoms with Gasteiger partial charge in [-0.1, -0.05) is 6.07 Å². The Morgan fingerprint density at radius 2 is 2.04 bits per heavy atom. The molecular formula is C16H24N2O4S. The van der Waals surface area contributed by atoms with E-state index >= 15 is 0 Å². The fourth-order valence-electron chi connectivity index (χ4n) is 2.64. The summed E-state index contributed by atoms with van der Waals surface area (Å²) in [4.78, 5) is 14.2. The third-order valence-electron chi connectivity index (χ3n) is 3.97. The van der Waals surface area contributed by atoms with Crippen LogP contribution in [0.4, 0.5) is 0 Å². The lowest BCUT2D eigenvalue weighted by molar-refractivity contribution is 0.0102. The van der Waals surface area contributed by atoms with Crippen LogP contribution in [0.15, 0.2) is 29.2 Å². The van der Waals surface area contributed by atoms with Gasteiger partial charge in [0.05, 0.1) is 17.6 Å². The smallest absolute Gasteiger partial charge is 0.253 e. The second kappa shape index (κ2) is 7.42. The lowest BCUT2D eigenvalue weighted by atomic mass is 10.2. The van der Waals surface area contributed by atoms with Gasteiger partial charge in [-0.2, -0.15) is 4.31 Å². The van der Waals surface area contributed by atoms with Gasteiger partial charge in [-0.05, 0) is 39.0 Å². The molecule has 0 aliphatic carbocycles. The summed E-state index contributed by atoms with van der Waals surface area (Å²) in [5, 5.41) is 0. The number of nitrogens with zero attached hydrogens (tertiary/aromatic N) is 2. The van der Waals surface area contributed by atoms with Crippen LogP contribution in [0.1, 0.15) is 31.1 Å². The molecule has 23 heavy (non-hydrogen) atoms. The van der Waals surface area contributed by atoms with Gasteiger partial charge in [-0.3, -0.25) is 4.79 Å². The molecule has 0 N–H and O–H groups in total. The highest BCUT2D eigenvalue weighted by atomic mass is 32.2. The molecule has 1 unspecified atom stereocenters. The Balaban J connectivity index is 2.30. The van der Waals surface area contributed by atoms with Gasteiger partial charge in [0.15, 0.2) is 0 Å². The van der Waals surface area contributed by atoms with Crippen molar-refractivity contribution in [2.75, 3.05) is 32.8 Å². The number of benzene rings is 1. The Bertz CT molecular complexity index is 656. The van der Waals surface area contributed by atoms with Crippen LogP contribution in [-0.2, 0) is 14.8 Å². The molecule has 1 fully saturated rings. The van der Waals surface area contributed by atoms with Gasteiger partial charge in [0.2, 0.25) is 10.0 Å². The minimum atomic E-state index is -3.61. The quantitative estimate of drug-likeness (QED) is 0.816. The number of ether oxygens (including phenoxy) is 1. The van der Waals surface area contributed by atoms with E-state index in [1.807, 2.05) is 20.8 Å². The van der Waals surface area contributed by atoms with Crippen LogP contribution in [0.2, 0.25) is 0 Å². The highest BCUT2D eigenvalue weighted by molar-refractivity contribution is 7.89. The van der Waals surface area contributed by atoms with E-state index < -0.39 is 10.0 Å². The first kappa shape index (κ1) is 17.9. The Hall–Kier alpha value is -1.44. The second-order valence-corrected chi connectivity index (χ2v) is 7.49. The number of carbonyl (C=O) groups is 1. The van der Waals surface area contributed by atoms with Crippen molar-refractivity contribution in [1.82, 2.24) is 9.21 Å². The Kier molecular flexibility index (Phi) is 5.78. The van der Waals surface area contributed by atoms with Crippen LogP contribution in [-0.4, -0.2) is 62.4 Å². The molecule has 6 nitrogen and oxygen atoms in total. The van der Waals surface area contributed by atoms with Crippen LogP contribution < -0.4 is 0 Å². The van der Waals surface area contributed by atoms with Crippen molar-refractivity contribution in [1.29, 1.82) is 0 Å². The van der Waals surface area contributed by atoms with Crippen LogP contribution in [0.3, 0.4) is 0 Å². The lowest BCUT2D eigenvalue weighted by Crippen LogP contribution is -2.44. The Morgan fingerprint density at radius 1 is 1.35 bits per heavy atom. The fourth-order valence-corrected chi connectivity index (χ4v) is 4.18. The fraction of sp³-hybridized carbons (Fsp3) is 0.562. The normalized spacial score (nSPS) is 19.5. The van der Waals surface area contributed by atoms with E-state index in [0.717, 1.165) is 0 Å². The monoisotopic (exact) mass is 340 g/mol. The van der Waals surface area contributed by atoms with Crippen molar-refractivity contribution >= 4 is 15.9 Å². The number of amides is 1. The lowest BCUT2D eigenvalue weighted by Gasteiger charge is -2.30. The van der Waals surface area contributed by atoms with Crippen molar-refractivity contribution < 1.29 is 17.9 Å². The van der Waals surface area contributed by atoms with Crippen molar-refractivity contribution in [3.63, 3.8) is 0 Å². The van der Waals surface area contributed by atoms with Gasteiger partial charge >= 0.3 is 0 Å². The number of hydrogen-bond donors (Lipinski definition) is 0. The predicted octanol–water partition coefficient (Wildman–Crippen LogP) is 1.58. The average molecular weight is 340 g/mol. The summed E-state index contributed by atoms with van der Waals surface area (Å²) in [5.74, 6) is -0.151. The largest absolute Gasteiger partial charge is 0.376 e. The van der Waals surface area contributed by atoms with E-state index in [9.17, 15) is 13.2 Å². The van der Waals surface area contributed by atoms with E-state index in [1.54, 1.807) is 17.0 Å². The molecule has 0 radical (unpaired) electrons. The molecule has 0 bridgehead atoms. The zero-order valence-corrected chi connectivity index (χ0v) is 14.7. The number of carbonyl (C=O) groups excluding carboxylic acids is 1. The summed E-state index contributed by atoms with van der Waals surface area (Å²) < 4.78 is 32.3. The van der Waals surface area contributed by atoms with Crippen LogP contribution in [0, 0.1) is 0 Å². The van der Waals surface area contributed by atoms with Gasteiger partial charge in [0, 0.05) is 31.7 Å². The molecule has 1 aliphatic heterocycles. The number of sulfonamides is 1. The molecular weight excluding hydrogens is 316 g/mol. The Labute approximate surface area is 138 Å². The minimum absolute atomic E-state index is 0.126. The zero-order valence-electron chi connectivity index (χ0n) is 13.9. The van der Waals surface area contributed by atoms with Crippen molar-refractivity contribution in [3.8, 4) is 0 Å². The van der Waals surface area contributed by atoms with E-state index in [-0.39, 0.29) is 16.9 Å². The van der Waals surface area contributed by atoms with Gasteiger partial charge in [0.1, 0.15) is 0 Å². The van der Waals surface area contributed by atoms with Crippen LogP contribution in [0.25, 0.3) is 0 Å². The first-order valence-electron chi connectivity index (χ1n) is 7.91. The maximum Gasteiger partial charge on any atom is 0.253 e. The molecule has 0 saturated carbocycles. The first-order chi connectivity index (χ1) is 10.9. The zero-order chi connectivity index (χ0) is 17.0. The maximum atomic E-state index is 12.8. The molecule has 1 atom stereocenters. The van der Waals surface area contributed by atoms with E-state index in [1.165, 1.54) is 16.4 Å². The van der Waals surface area contributed by atoms with Crippen molar-refractivity contribution in [2.45, 2.75) is 31.8 Å². The molecule has 1 saturated heterocycles. The summed E-state index contributed by atoms with van der Waals surface area (Å²) in [5.41, 5.74) is 0.399. The van der Waals surface area contributed by atoms with Gasteiger partial charge in [-0.15, -0.1) is 0 Å². The SMILES string of the molecule is CCN(CC)C(=O)c1cccc(S(=O)(=O)N2CCOC(C)C2)c1. The summed E-state index contributed by atoms with van der Waals surface area (Å²) in [6, 6.07) is 6.28. The predicted molar refractivity (Wildman–Crippen MR) is 87.9 cm³/mol. The topological polar surface area (TPSA) is 66.9 Å². The second-order valence-electron chi connectivity index (χ2n) is 5.55. The molecule has 128 valence electrons. The summed E-state index contributed by atoms with van der Waals surface area (Å²) in [6.45, 7) is 7.88. The maximum absolute atomic E-state index is 12.8. The highest BCUT2D eigenvalue weighted by Gasteiger charge is 2.29. The van der Waals surface area contributed by atoms with Crippen molar-refractivity contribution in [2.24, 2.45) is 0 Å². The molecule has 1 aliphatic rings. The van der Waals surface area contributed by atoms with E-state index in [0.29, 0.717) is 38.3 Å². The average Bonchev–Trinajstić information content (AvgIpc) is 2.56. The van der Waals surface area contributed by atoms with Crippen LogP contribution in [0.5, 0.6) is 0 Å². The molecule has 1 amide bonds. The molecule has 1 aromatic rings. The molecule has 0 spiro atoms. The van der Waals surface area contributed by atoms with Gasteiger partial charge in [-0.25, -0.2) is 8.42 Å². The first-order valence-corrected chi connectivity index (χ1v) is 9.35. The Morgan fingerprint density at radius 3 is 2.65 bits per heavy atom. The standard InChI is InChI=1S/C16H24N2O4S/c1-4-17(5-2)16(19)14-7-6-8-15(11-14)23(20,21)18-9-10-22-13(3)12-18/h6-8,11,13H,4-5,9-10,12H2,1-3H3. The molecule has 2 rings (SSSR count). The van der Waals surface area contributed by atoms with E-state index in [4.69, 9.17) is 4.74 Å².